The van der Waals surface area contributed by atoms with Crippen molar-refractivity contribution in [2.45, 2.75) is 38.1 Å². The number of rotatable bonds is 4. The van der Waals surface area contributed by atoms with Gasteiger partial charge in [-0.05, 0) is 63.6 Å². The predicted octanol–water partition coefficient (Wildman–Crippen LogP) is 3.45. The Morgan fingerprint density at radius 1 is 1.15 bits per heavy atom. The van der Waals surface area contributed by atoms with Crippen LogP contribution in [0, 0.1) is 18.3 Å². The van der Waals surface area contributed by atoms with E-state index in [1.807, 2.05) is 23.8 Å². The Bertz CT molecular complexity index is 1000. The molecule has 0 unspecified atom stereocenters. The summed E-state index contributed by atoms with van der Waals surface area (Å²) in [5.41, 5.74) is 0.450. The number of aryl methyl sites for hydroxylation is 1. The van der Waals surface area contributed by atoms with Crippen molar-refractivity contribution in [1.82, 2.24) is 10.0 Å². The smallest absolute Gasteiger partial charge is 0.329 e. The van der Waals surface area contributed by atoms with E-state index < -0.39 is 21.6 Å². The largest absolute Gasteiger partial charge is 0.456 e. The minimum absolute atomic E-state index is 0.00987. The van der Waals surface area contributed by atoms with Crippen LogP contribution in [0.4, 0.5) is 4.79 Å². The number of sulfonamides is 1. The lowest BCUT2D eigenvalue weighted by Crippen LogP contribution is -2.48. The zero-order valence-corrected chi connectivity index (χ0v) is 16.3. The van der Waals surface area contributed by atoms with Crippen molar-refractivity contribution in [1.29, 1.82) is 5.26 Å². The first-order chi connectivity index (χ1) is 12.5. The summed E-state index contributed by atoms with van der Waals surface area (Å²) in [5.74, 6) is 0.450. The molecule has 0 saturated carbocycles. The van der Waals surface area contributed by atoms with Crippen LogP contribution in [-0.4, -0.2) is 20.0 Å². The van der Waals surface area contributed by atoms with Crippen LogP contribution in [-0.2, 0) is 10.0 Å². The quantitative estimate of drug-likeness (QED) is 0.835. The number of urea groups is 1. The zero-order valence-electron chi connectivity index (χ0n) is 15.5. The van der Waals surface area contributed by atoms with Crippen molar-refractivity contribution in [3.05, 3.63) is 53.6 Å². The summed E-state index contributed by atoms with van der Waals surface area (Å²) in [5, 5.41) is 11.6. The Morgan fingerprint density at radius 2 is 1.85 bits per heavy atom. The highest BCUT2D eigenvalue weighted by Crippen LogP contribution is 2.30. The summed E-state index contributed by atoms with van der Waals surface area (Å²) in [6.07, 6.45) is 0. The molecule has 0 fully saturated rings. The average Bonchev–Trinajstić information content (AvgIpc) is 2.52. The van der Waals surface area contributed by atoms with Crippen molar-refractivity contribution in [3.8, 4) is 17.6 Å². The molecule has 0 aromatic heterocycles. The van der Waals surface area contributed by atoms with Gasteiger partial charge in [0.05, 0.1) is 11.6 Å². The molecule has 2 N–H and O–H groups in total. The molecule has 27 heavy (non-hydrogen) atoms. The van der Waals surface area contributed by atoms with Gasteiger partial charge < -0.3 is 10.1 Å². The van der Waals surface area contributed by atoms with E-state index in [9.17, 15) is 13.2 Å². The second kappa shape index (κ2) is 7.68. The number of benzene rings is 2. The molecule has 0 spiro atoms. The van der Waals surface area contributed by atoms with Gasteiger partial charge in [-0.15, -0.1) is 0 Å². The standard InChI is InChI=1S/C19H21N3O4S/c1-13-6-5-7-15(10-13)26-16-9-8-14(12-20)11-17(16)27(24,25)22-18(23)21-19(2,3)4/h5-11H,1-4H3,(H2,21,22,23). The maximum Gasteiger partial charge on any atom is 0.329 e. The molecule has 0 heterocycles. The molecule has 2 rings (SSSR count). The summed E-state index contributed by atoms with van der Waals surface area (Å²) in [4.78, 5) is 11.7. The fraction of sp³-hybridized carbons (Fsp3) is 0.263. The molecular formula is C19H21N3O4S. The molecule has 7 nitrogen and oxygen atoms in total. The molecule has 0 aliphatic heterocycles. The summed E-state index contributed by atoms with van der Waals surface area (Å²) in [6.45, 7) is 7.05. The molecule has 142 valence electrons. The van der Waals surface area contributed by atoms with Crippen molar-refractivity contribution >= 4 is 16.1 Å². The molecule has 0 bridgehead atoms. The third-order valence-electron chi connectivity index (χ3n) is 3.30. The maximum absolute atomic E-state index is 12.7. The molecule has 2 aromatic carbocycles. The Kier molecular flexibility index (Phi) is 5.76. The molecule has 0 saturated heterocycles. The van der Waals surface area contributed by atoms with E-state index in [1.165, 1.54) is 12.1 Å². The third-order valence-corrected chi connectivity index (χ3v) is 4.65. The van der Waals surface area contributed by atoms with E-state index in [4.69, 9.17) is 10.00 Å². The van der Waals surface area contributed by atoms with Crippen molar-refractivity contribution in [3.63, 3.8) is 0 Å². The van der Waals surface area contributed by atoms with Gasteiger partial charge in [-0.3, -0.25) is 0 Å². The van der Waals surface area contributed by atoms with Crippen LogP contribution >= 0.6 is 0 Å². The van der Waals surface area contributed by atoms with Crippen LogP contribution in [0.1, 0.15) is 31.9 Å². The fourth-order valence-electron chi connectivity index (χ4n) is 2.22. The van der Waals surface area contributed by atoms with Crippen LogP contribution in [0.15, 0.2) is 47.4 Å². The lowest BCUT2D eigenvalue weighted by Gasteiger charge is -2.21. The summed E-state index contributed by atoms with van der Waals surface area (Å²) >= 11 is 0. The second-order valence-electron chi connectivity index (χ2n) is 7.00. The third kappa shape index (κ3) is 5.72. The van der Waals surface area contributed by atoms with Crippen LogP contribution < -0.4 is 14.8 Å². The minimum Gasteiger partial charge on any atom is -0.456 e. The first-order valence-electron chi connectivity index (χ1n) is 8.14. The zero-order chi connectivity index (χ0) is 20.2. The van der Waals surface area contributed by atoms with Crippen molar-refractivity contribution in [2.75, 3.05) is 0 Å². The van der Waals surface area contributed by atoms with E-state index in [2.05, 4.69) is 5.32 Å². The van der Waals surface area contributed by atoms with Crippen LogP contribution in [0.25, 0.3) is 0 Å². The van der Waals surface area contributed by atoms with Crippen molar-refractivity contribution in [2.24, 2.45) is 0 Å². The molecule has 0 aliphatic carbocycles. The first kappa shape index (κ1) is 20.3. The molecule has 0 aliphatic rings. The SMILES string of the molecule is Cc1cccc(Oc2ccc(C#N)cc2S(=O)(=O)NC(=O)NC(C)(C)C)c1. The van der Waals surface area contributed by atoms with E-state index in [0.29, 0.717) is 5.75 Å². The number of ether oxygens (including phenoxy) is 1. The number of carbonyl (C=O) groups is 1. The van der Waals surface area contributed by atoms with Gasteiger partial charge in [-0.2, -0.15) is 5.26 Å². The lowest BCUT2D eigenvalue weighted by atomic mass is 10.1. The fourth-order valence-corrected chi connectivity index (χ4v) is 3.28. The Morgan fingerprint density at radius 3 is 2.44 bits per heavy atom. The topological polar surface area (TPSA) is 108 Å². The lowest BCUT2D eigenvalue weighted by molar-refractivity contribution is 0.237. The highest BCUT2D eigenvalue weighted by atomic mass is 32.2. The van der Waals surface area contributed by atoms with Gasteiger partial charge in [-0.25, -0.2) is 17.9 Å². The Labute approximate surface area is 159 Å². The molecular weight excluding hydrogens is 366 g/mol. The van der Waals surface area contributed by atoms with E-state index in [1.54, 1.807) is 39.0 Å². The normalized spacial score (nSPS) is 11.4. The van der Waals surface area contributed by atoms with Gasteiger partial charge in [0, 0.05) is 5.54 Å². The number of carbonyl (C=O) groups excluding carboxylic acids is 1. The number of nitrogens with zero attached hydrogens (tertiary/aromatic N) is 1. The predicted molar refractivity (Wildman–Crippen MR) is 101 cm³/mol. The monoisotopic (exact) mass is 387 g/mol. The number of amides is 2. The highest BCUT2D eigenvalue weighted by molar-refractivity contribution is 7.90. The number of nitrogens with one attached hydrogen (secondary N) is 2. The van der Waals surface area contributed by atoms with Gasteiger partial charge in [0.25, 0.3) is 10.0 Å². The van der Waals surface area contributed by atoms with Gasteiger partial charge in [-0.1, -0.05) is 12.1 Å². The molecule has 0 radical (unpaired) electrons. The minimum atomic E-state index is -4.26. The summed E-state index contributed by atoms with van der Waals surface area (Å²) in [7, 11) is -4.26. The number of hydrogen-bond acceptors (Lipinski definition) is 5. The number of hydrogen-bond donors (Lipinski definition) is 2. The Hall–Kier alpha value is -3.05. The molecule has 8 heteroatoms. The van der Waals surface area contributed by atoms with Crippen LogP contribution in [0.3, 0.4) is 0 Å². The average molecular weight is 387 g/mol. The van der Waals surface area contributed by atoms with Crippen LogP contribution in [0.5, 0.6) is 11.5 Å². The van der Waals surface area contributed by atoms with Gasteiger partial charge in [0.2, 0.25) is 0 Å². The molecule has 0 atom stereocenters. The maximum atomic E-state index is 12.7. The highest BCUT2D eigenvalue weighted by Gasteiger charge is 2.25. The van der Waals surface area contributed by atoms with Gasteiger partial charge in [0.15, 0.2) is 0 Å². The van der Waals surface area contributed by atoms with E-state index >= 15 is 0 Å². The second-order valence-corrected chi connectivity index (χ2v) is 8.65. The number of nitriles is 1. The van der Waals surface area contributed by atoms with Gasteiger partial charge in [0.1, 0.15) is 16.4 Å². The first-order valence-corrected chi connectivity index (χ1v) is 9.62. The molecule has 2 amide bonds. The van der Waals surface area contributed by atoms with Crippen LogP contribution in [0.2, 0.25) is 0 Å². The van der Waals surface area contributed by atoms with Gasteiger partial charge >= 0.3 is 6.03 Å². The summed E-state index contributed by atoms with van der Waals surface area (Å²) < 4.78 is 33.1. The van der Waals surface area contributed by atoms with E-state index in [-0.39, 0.29) is 16.2 Å². The Balaban J connectivity index is 2.41. The van der Waals surface area contributed by atoms with E-state index in [0.717, 1.165) is 11.6 Å². The molecule has 2 aromatic rings. The van der Waals surface area contributed by atoms with Crippen molar-refractivity contribution < 1.29 is 17.9 Å². The summed E-state index contributed by atoms with van der Waals surface area (Å²) in [6, 6.07) is 12.1.